The van der Waals surface area contributed by atoms with Gasteiger partial charge in [-0.2, -0.15) is 0 Å². The van der Waals surface area contributed by atoms with Gasteiger partial charge in [0.1, 0.15) is 6.54 Å². The van der Waals surface area contributed by atoms with Crippen molar-refractivity contribution in [2.75, 3.05) is 26.2 Å². The van der Waals surface area contributed by atoms with Crippen LogP contribution in [0, 0.1) is 11.8 Å². The Bertz CT molecular complexity index is 456. The summed E-state index contributed by atoms with van der Waals surface area (Å²) < 4.78 is 1.12. The normalized spacial score (nSPS) is 26.3. The summed E-state index contributed by atoms with van der Waals surface area (Å²) in [6.45, 7) is 10.0. The molecule has 0 amide bonds. The Morgan fingerprint density at radius 3 is 2.48 bits per heavy atom. The van der Waals surface area contributed by atoms with Gasteiger partial charge in [0.25, 0.3) is 0 Å². The van der Waals surface area contributed by atoms with Crippen molar-refractivity contribution in [2.24, 2.45) is 17.6 Å². The monoisotopic (exact) mass is 329 g/mol. The van der Waals surface area contributed by atoms with Crippen molar-refractivity contribution >= 4 is 23.2 Å². The fraction of sp³-hybridized carbons (Fsp3) is 0.647. The molecule has 1 fully saturated rings. The van der Waals surface area contributed by atoms with E-state index in [4.69, 9.17) is 28.9 Å². The molecule has 0 aliphatic carbocycles. The molecule has 4 heteroatoms. The molecule has 1 aliphatic heterocycles. The van der Waals surface area contributed by atoms with Crippen LogP contribution < -0.4 is 5.73 Å². The van der Waals surface area contributed by atoms with Crippen molar-refractivity contribution < 1.29 is 4.48 Å². The number of piperidine rings is 1. The van der Waals surface area contributed by atoms with Gasteiger partial charge in [-0.05, 0) is 31.0 Å². The van der Waals surface area contributed by atoms with Gasteiger partial charge in [-0.1, -0.05) is 37.0 Å². The molecule has 1 saturated heterocycles. The first-order valence-corrected chi connectivity index (χ1v) is 8.68. The highest BCUT2D eigenvalue weighted by molar-refractivity contribution is 6.34. The first-order chi connectivity index (χ1) is 9.92. The number of quaternary nitrogens is 1. The predicted octanol–water partition coefficient (Wildman–Crippen LogP) is 4.33. The van der Waals surface area contributed by atoms with E-state index < -0.39 is 0 Å². The molecule has 2 nitrogen and oxygen atoms in total. The highest BCUT2D eigenvalue weighted by Gasteiger charge is 2.35. The quantitative estimate of drug-likeness (QED) is 0.799. The van der Waals surface area contributed by atoms with Gasteiger partial charge in [-0.3, -0.25) is 0 Å². The Hall–Kier alpha value is -0.280. The lowest BCUT2D eigenvalue weighted by atomic mass is 9.93. The number of nitrogens with two attached hydrogens (primary N) is 1. The fourth-order valence-corrected chi connectivity index (χ4v) is 4.45. The van der Waals surface area contributed by atoms with Gasteiger partial charge in [0.2, 0.25) is 0 Å². The summed E-state index contributed by atoms with van der Waals surface area (Å²) in [6.07, 6.45) is 2.54. The zero-order valence-corrected chi connectivity index (χ0v) is 14.6. The molecule has 0 bridgehead atoms. The molecule has 0 aromatic heterocycles. The molecule has 1 heterocycles. The largest absolute Gasteiger partial charge is 0.330 e. The van der Waals surface area contributed by atoms with Gasteiger partial charge in [0.05, 0.1) is 19.6 Å². The SMILES string of the molecule is CC(C)C[N+]1(Cc2cc(Cl)cc(Cl)c2)CCC[C@H](CN)C1. The van der Waals surface area contributed by atoms with Crippen LogP contribution in [-0.2, 0) is 6.54 Å². The number of hydrogen-bond acceptors (Lipinski definition) is 1. The summed E-state index contributed by atoms with van der Waals surface area (Å²) in [5.41, 5.74) is 7.19. The zero-order valence-electron chi connectivity index (χ0n) is 13.1. The lowest BCUT2D eigenvalue weighted by molar-refractivity contribution is -0.950. The number of likely N-dealkylation sites (tertiary alicyclic amines) is 1. The minimum atomic E-state index is 0.646. The fourth-order valence-electron chi connectivity index (χ4n) is 3.88. The van der Waals surface area contributed by atoms with Crippen molar-refractivity contribution in [1.29, 1.82) is 0 Å². The van der Waals surface area contributed by atoms with Crippen molar-refractivity contribution in [3.8, 4) is 0 Å². The van der Waals surface area contributed by atoms with Crippen LogP contribution in [0.5, 0.6) is 0 Å². The van der Waals surface area contributed by atoms with Crippen molar-refractivity contribution in [3.05, 3.63) is 33.8 Å². The van der Waals surface area contributed by atoms with Crippen LogP contribution in [0.2, 0.25) is 10.0 Å². The second-order valence-electron chi connectivity index (χ2n) is 7.00. The topological polar surface area (TPSA) is 26.0 Å². The third kappa shape index (κ3) is 4.85. The summed E-state index contributed by atoms with van der Waals surface area (Å²) in [6, 6.07) is 5.91. The van der Waals surface area contributed by atoms with Crippen LogP contribution in [-0.4, -0.2) is 30.7 Å². The third-order valence-electron chi connectivity index (χ3n) is 4.42. The predicted molar refractivity (Wildman–Crippen MR) is 91.6 cm³/mol. The lowest BCUT2D eigenvalue weighted by Gasteiger charge is -2.45. The van der Waals surface area contributed by atoms with Gasteiger partial charge >= 0.3 is 0 Å². The average molecular weight is 330 g/mol. The van der Waals surface area contributed by atoms with E-state index in [2.05, 4.69) is 26.0 Å². The summed E-state index contributed by atoms with van der Waals surface area (Å²) in [7, 11) is 0. The summed E-state index contributed by atoms with van der Waals surface area (Å²) in [5.74, 6) is 1.32. The first-order valence-electron chi connectivity index (χ1n) is 7.92. The standard InChI is InChI=1S/C17H27Cl2N2/c1-13(2)10-21(5-3-4-14(9-20)11-21)12-15-6-16(18)8-17(19)7-15/h6-8,13-14H,3-5,9-12,20H2,1-2H3/q+1/t14-,21?/m1/s1. The molecule has 2 rings (SSSR count). The van der Waals surface area contributed by atoms with E-state index in [1.54, 1.807) is 6.07 Å². The van der Waals surface area contributed by atoms with Crippen molar-refractivity contribution in [2.45, 2.75) is 33.2 Å². The first kappa shape index (κ1) is 17.1. The van der Waals surface area contributed by atoms with Crippen LogP contribution in [0.1, 0.15) is 32.3 Å². The Labute approximate surface area is 138 Å². The van der Waals surface area contributed by atoms with E-state index in [1.807, 2.05) is 0 Å². The molecule has 1 aromatic rings. The molecule has 0 spiro atoms. The van der Waals surface area contributed by atoms with E-state index in [1.165, 1.54) is 38.0 Å². The summed E-state index contributed by atoms with van der Waals surface area (Å²) in [5, 5.41) is 1.46. The number of halogens is 2. The summed E-state index contributed by atoms with van der Waals surface area (Å²) >= 11 is 12.3. The summed E-state index contributed by atoms with van der Waals surface area (Å²) in [4.78, 5) is 0. The van der Waals surface area contributed by atoms with Crippen molar-refractivity contribution in [3.63, 3.8) is 0 Å². The van der Waals surface area contributed by atoms with Crippen LogP contribution in [0.4, 0.5) is 0 Å². The Morgan fingerprint density at radius 2 is 1.90 bits per heavy atom. The van der Waals surface area contributed by atoms with E-state index in [0.29, 0.717) is 11.8 Å². The van der Waals surface area contributed by atoms with E-state index in [0.717, 1.165) is 27.6 Å². The second-order valence-corrected chi connectivity index (χ2v) is 7.88. The molecule has 2 atom stereocenters. The third-order valence-corrected chi connectivity index (χ3v) is 4.85. The van der Waals surface area contributed by atoms with Gasteiger partial charge < -0.3 is 10.2 Å². The maximum absolute atomic E-state index is 6.16. The number of hydrogen-bond donors (Lipinski definition) is 1. The molecule has 21 heavy (non-hydrogen) atoms. The minimum Gasteiger partial charge on any atom is -0.330 e. The van der Waals surface area contributed by atoms with E-state index >= 15 is 0 Å². The van der Waals surface area contributed by atoms with E-state index in [9.17, 15) is 0 Å². The molecule has 1 unspecified atom stereocenters. The number of rotatable bonds is 5. The molecule has 118 valence electrons. The number of nitrogens with zero attached hydrogens (tertiary/aromatic N) is 1. The zero-order chi connectivity index (χ0) is 15.5. The molecule has 0 saturated carbocycles. The maximum atomic E-state index is 6.16. The van der Waals surface area contributed by atoms with Crippen LogP contribution in [0.25, 0.3) is 0 Å². The van der Waals surface area contributed by atoms with E-state index in [-0.39, 0.29) is 0 Å². The van der Waals surface area contributed by atoms with Crippen LogP contribution in [0.15, 0.2) is 18.2 Å². The maximum Gasteiger partial charge on any atom is 0.104 e. The highest BCUT2D eigenvalue weighted by Crippen LogP contribution is 2.29. The van der Waals surface area contributed by atoms with Gasteiger partial charge in [-0.15, -0.1) is 0 Å². The smallest absolute Gasteiger partial charge is 0.104 e. The average Bonchev–Trinajstić information content (AvgIpc) is 2.36. The number of benzene rings is 1. The lowest BCUT2D eigenvalue weighted by Crippen LogP contribution is -2.56. The molecular weight excluding hydrogens is 303 g/mol. The van der Waals surface area contributed by atoms with Gasteiger partial charge in [0.15, 0.2) is 0 Å². The van der Waals surface area contributed by atoms with Crippen LogP contribution in [0.3, 0.4) is 0 Å². The molecular formula is C17H27Cl2N2+. The van der Waals surface area contributed by atoms with Gasteiger partial charge in [-0.25, -0.2) is 0 Å². The second kappa shape index (κ2) is 7.32. The molecule has 2 N–H and O–H groups in total. The van der Waals surface area contributed by atoms with Crippen molar-refractivity contribution in [1.82, 2.24) is 0 Å². The Balaban J connectivity index is 2.23. The molecule has 0 radical (unpaired) electrons. The van der Waals surface area contributed by atoms with Gasteiger partial charge in [0, 0.05) is 34.0 Å². The minimum absolute atomic E-state index is 0.646. The molecule has 1 aliphatic rings. The Kier molecular flexibility index (Phi) is 5.96. The highest BCUT2D eigenvalue weighted by atomic mass is 35.5. The Morgan fingerprint density at radius 1 is 1.24 bits per heavy atom. The molecule has 1 aromatic carbocycles. The van der Waals surface area contributed by atoms with Crippen LogP contribution >= 0.6 is 23.2 Å².